The van der Waals surface area contributed by atoms with E-state index in [4.69, 9.17) is 0 Å². The van der Waals surface area contributed by atoms with Crippen LogP contribution in [0.5, 0.6) is 0 Å². The molecule has 21 heavy (non-hydrogen) atoms. The van der Waals surface area contributed by atoms with Crippen LogP contribution in [0.1, 0.15) is 11.3 Å². The molecule has 0 spiro atoms. The summed E-state index contributed by atoms with van der Waals surface area (Å²) in [4.78, 5) is 17.2. The number of halogens is 1. The fraction of sp³-hybridized carbons (Fsp3) is 0.200. The van der Waals surface area contributed by atoms with Crippen molar-refractivity contribution in [3.8, 4) is 0 Å². The average molecular weight is 364 g/mol. The van der Waals surface area contributed by atoms with Crippen LogP contribution in [-0.4, -0.2) is 15.5 Å². The number of rotatable bonds is 4. The lowest BCUT2D eigenvalue weighted by atomic mass is 10.2. The standard InChI is InChI=1S/C15H14BrN3OS/c1-10-9-17-15(21-10)18-14(20)6-8-19-7-5-11-12(16)3-2-4-13(11)19/h2-5,7,9H,6,8H2,1H3,(H,17,18,20). The van der Waals surface area contributed by atoms with Crippen molar-refractivity contribution < 1.29 is 4.79 Å². The Morgan fingerprint density at radius 1 is 1.43 bits per heavy atom. The van der Waals surface area contributed by atoms with Gasteiger partial charge in [0.05, 0.1) is 0 Å². The molecule has 0 radical (unpaired) electrons. The van der Waals surface area contributed by atoms with Crippen LogP contribution in [0.2, 0.25) is 0 Å². The smallest absolute Gasteiger partial charge is 0.227 e. The van der Waals surface area contributed by atoms with Crippen LogP contribution in [0.25, 0.3) is 10.9 Å². The third kappa shape index (κ3) is 3.16. The maximum absolute atomic E-state index is 12.0. The van der Waals surface area contributed by atoms with E-state index in [1.165, 1.54) is 11.3 Å². The van der Waals surface area contributed by atoms with E-state index in [2.05, 4.69) is 42.9 Å². The van der Waals surface area contributed by atoms with Gasteiger partial charge in [0.2, 0.25) is 5.91 Å². The van der Waals surface area contributed by atoms with E-state index in [-0.39, 0.29) is 5.91 Å². The van der Waals surface area contributed by atoms with E-state index in [9.17, 15) is 4.79 Å². The van der Waals surface area contributed by atoms with E-state index in [1.54, 1.807) is 6.20 Å². The van der Waals surface area contributed by atoms with Gasteiger partial charge in [0.25, 0.3) is 0 Å². The van der Waals surface area contributed by atoms with E-state index in [1.807, 2.05) is 25.3 Å². The average Bonchev–Trinajstić information content (AvgIpc) is 3.04. The number of aryl methyl sites for hydroxylation is 2. The van der Waals surface area contributed by atoms with Gasteiger partial charge in [-0.2, -0.15) is 0 Å². The number of hydrogen-bond acceptors (Lipinski definition) is 3. The molecule has 0 saturated carbocycles. The normalized spacial score (nSPS) is 11.0. The van der Waals surface area contributed by atoms with E-state index < -0.39 is 0 Å². The molecule has 3 rings (SSSR count). The second-order valence-corrected chi connectivity index (χ2v) is 6.85. The van der Waals surface area contributed by atoms with Crippen LogP contribution >= 0.6 is 27.3 Å². The summed E-state index contributed by atoms with van der Waals surface area (Å²) in [6, 6.07) is 8.13. The molecule has 3 aromatic rings. The summed E-state index contributed by atoms with van der Waals surface area (Å²) in [5.41, 5.74) is 1.13. The number of nitrogens with zero attached hydrogens (tertiary/aromatic N) is 2. The Morgan fingerprint density at radius 2 is 2.29 bits per heavy atom. The van der Waals surface area contributed by atoms with Gasteiger partial charge in [0, 0.05) is 45.6 Å². The summed E-state index contributed by atoms with van der Waals surface area (Å²) in [6.07, 6.45) is 4.20. The number of fused-ring (bicyclic) bond motifs is 1. The van der Waals surface area contributed by atoms with Crippen molar-refractivity contribution in [2.24, 2.45) is 0 Å². The zero-order valence-corrected chi connectivity index (χ0v) is 13.9. The van der Waals surface area contributed by atoms with Crippen molar-refractivity contribution in [1.82, 2.24) is 9.55 Å². The fourth-order valence-corrected chi connectivity index (χ4v) is 3.37. The molecule has 1 amide bonds. The molecule has 0 atom stereocenters. The zero-order valence-electron chi connectivity index (χ0n) is 11.5. The monoisotopic (exact) mass is 363 g/mol. The highest BCUT2D eigenvalue weighted by atomic mass is 79.9. The quantitative estimate of drug-likeness (QED) is 0.754. The first-order valence-electron chi connectivity index (χ1n) is 6.59. The van der Waals surface area contributed by atoms with Crippen molar-refractivity contribution in [2.45, 2.75) is 19.9 Å². The van der Waals surface area contributed by atoms with Gasteiger partial charge in [-0.3, -0.25) is 4.79 Å². The Kier molecular flexibility index (Phi) is 4.07. The summed E-state index contributed by atoms with van der Waals surface area (Å²) in [5.74, 6) is -0.0128. The highest BCUT2D eigenvalue weighted by Crippen LogP contribution is 2.25. The maximum Gasteiger partial charge on any atom is 0.227 e. The molecule has 2 heterocycles. The lowest BCUT2D eigenvalue weighted by Gasteiger charge is -2.05. The Bertz CT molecular complexity index is 793. The van der Waals surface area contributed by atoms with Crippen LogP contribution in [0, 0.1) is 6.92 Å². The fourth-order valence-electron chi connectivity index (χ4n) is 2.20. The third-order valence-electron chi connectivity index (χ3n) is 3.21. The Hall–Kier alpha value is -1.66. The van der Waals surface area contributed by atoms with Crippen LogP contribution in [0.15, 0.2) is 41.1 Å². The van der Waals surface area contributed by atoms with E-state index in [0.717, 1.165) is 20.3 Å². The Labute approximate surface area is 134 Å². The number of benzene rings is 1. The van der Waals surface area contributed by atoms with Gasteiger partial charge in [-0.25, -0.2) is 4.98 Å². The molecule has 2 aromatic heterocycles. The molecule has 0 bridgehead atoms. The third-order valence-corrected chi connectivity index (χ3v) is 4.73. The zero-order chi connectivity index (χ0) is 14.8. The Morgan fingerprint density at radius 3 is 3.05 bits per heavy atom. The SMILES string of the molecule is Cc1cnc(NC(=O)CCn2ccc3c(Br)cccc32)s1. The van der Waals surface area contributed by atoms with Gasteiger partial charge in [0.15, 0.2) is 5.13 Å². The maximum atomic E-state index is 12.0. The van der Waals surface area contributed by atoms with Crippen molar-refractivity contribution >= 4 is 49.2 Å². The number of carbonyl (C=O) groups is 1. The second kappa shape index (κ2) is 5.99. The van der Waals surface area contributed by atoms with E-state index in [0.29, 0.717) is 18.1 Å². The van der Waals surface area contributed by atoms with Crippen LogP contribution in [-0.2, 0) is 11.3 Å². The molecule has 6 heteroatoms. The number of anilines is 1. The van der Waals surface area contributed by atoms with Gasteiger partial charge in [-0.1, -0.05) is 22.0 Å². The molecule has 0 aliphatic heterocycles. The second-order valence-electron chi connectivity index (χ2n) is 4.76. The minimum Gasteiger partial charge on any atom is -0.347 e. The van der Waals surface area contributed by atoms with Crippen LogP contribution < -0.4 is 5.32 Å². The summed E-state index contributed by atoms with van der Waals surface area (Å²) < 4.78 is 3.16. The first-order chi connectivity index (χ1) is 10.1. The summed E-state index contributed by atoms with van der Waals surface area (Å²) in [6.45, 7) is 2.62. The molecule has 0 saturated heterocycles. The predicted octanol–water partition coefficient (Wildman–Crippen LogP) is 4.20. The minimum atomic E-state index is -0.0128. The number of hydrogen-bond donors (Lipinski definition) is 1. The van der Waals surface area contributed by atoms with Gasteiger partial charge in [-0.05, 0) is 25.1 Å². The lowest BCUT2D eigenvalue weighted by molar-refractivity contribution is -0.116. The van der Waals surface area contributed by atoms with Crippen LogP contribution in [0.3, 0.4) is 0 Å². The molecule has 0 aliphatic carbocycles. The first-order valence-corrected chi connectivity index (χ1v) is 8.20. The molecular formula is C15H14BrN3OS. The summed E-state index contributed by atoms with van der Waals surface area (Å²) in [7, 11) is 0. The number of amides is 1. The number of nitrogens with one attached hydrogen (secondary N) is 1. The molecule has 1 aromatic carbocycles. The predicted molar refractivity (Wildman–Crippen MR) is 89.7 cm³/mol. The van der Waals surface area contributed by atoms with E-state index >= 15 is 0 Å². The van der Waals surface area contributed by atoms with Crippen molar-refractivity contribution in [3.63, 3.8) is 0 Å². The number of carbonyl (C=O) groups excluding carboxylic acids is 1. The molecule has 0 aliphatic rings. The van der Waals surface area contributed by atoms with Gasteiger partial charge < -0.3 is 9.88 Å². The molecule has 1 N–H and O–H groups in total. The number of aromatic nitrogens is 2. The first kappa shape index (κ1) is 14.3. The molecule has 4 nitrogen and oxygen atoms in total. The van der Waals surface area contributed by atoms with Gasteiger partial charge in [-0.15, -0.1) is 11.3 Å². The Balaban J connectivity index is 1.66. The summed E-state index contributed by atoms with van der Waals surface area (Å²) >= 11 is 5.03. The van der Waals surface area contributed by atoms with Crippen molar-refractivity contribution in [1.29, 1.82) is 0 Å². The highest BCUT2D eigenvalue weighted by molar-refractivity contribution is 9.10. The van der Waals surface area contributed by atoms with Crippen molar-refractivity contribution in [2.75, 3.05) is 5.32 Å². The molecule has 0 fully saturated rings. The largest absolute Gasteiger partial charge is 0.347 e. The summed E-state index contributed by atoms with van der Waals surface area (Å²) in [5, 5.41) is 4.66. The van der Waals surface area contributed by atoms with Crippen molar-refractivity contribution in [3.05, 3.63) is 46.0 Å². The lowest BCUT2D eigenvalue weighted by Crippen LogP contribution is -2.13. The number of thiazole rings is 1. The van der Waals surface area contributed by atoms with Gasteiger partial charge in [0.1, 0.15) is 0 Å². The topological polar surface area (TPSA) is 46.9 Å². The molecule has 0 unspecified atom stereocenters. The van der Waals surface area contributed by atoms with Crippen LogP contribution in [0.4, 0.5) is 5.13 Å². The van der Waals surface area contributed by atoms with Gasteiger partial charge >= 0.3 is 0 Å². The highest BCUT2D eigenvalue weighted by Gasteiger charge is 2.08. The molecular weight excluding hydrogens is 350 g/mol. The minimum absolute atomic E-state index is 0.0128. The molecule has 108 valence electrons.